The first-order valence-corrected chi connectivity index (χ1v) is 2.91. The van der Waals surface area contributed by atoms with Gasteiger partial charge in [0, 0.05) is 6.54 Å². The fraction of sp³-hybridized carbons (Fsp3) is 0.429. The van der Waals surface area contributed by atoms with Crippen LogP contribution in [0.4, 0.5) is 0 Å². The van der Waals surface area contributed by atoms with Crippen molar-refractivity contribution in [2.24, 2.45) is 5.73 Å². The first kappa shape index (κ1) is 5.57. The first-order chi connectivity index (χ1) is 3.84. The average molecular weight is 109 g/mol. The summed E-state index contributed by atoms with van der Waals surface area (Å²) >= 11 is 0. The molecule has 0 atom stereocenters. The van der Waals surface area contributed by atoms with Crippen LogP contribution in [0.15, 0.2) is 23.3 Å². The van der Waals surface area contributed by atoms with Gasteiger partial charge in [-0.05, 0) is 18.9 Å². The van der Waals surface area contributed by atoms with E-state index >= 15 is 0 Å². The van der Waals surface area contributed by atoms with Crippen molar-refractivity contribution in [2.45, 2.75) is 13.3 Å². The van der Waals surface area contributed by atoms with Gasteiger partial charge >= 0.3 is 0 Å². The predicted octanol–water partition coefficient (Wildman–Crippen LogP) is 1.22. The molecule has 8 heavy (non-hydrogen) atoms. The lowest BCUT2D eigenvalue weighted by atomic mass is 10.2. The minimum Gasteiger partial charge on any atom is -0.326 e. The zero-order valence-corrected chi connectivity index (χ0v) is 5.15. The molecule has 44 valence electrons. The largest absolute Gasteiger partial charge is 0.326 e. The molecule has 0 aliphatic heterocycles. The molecule has 0 saturated carbocycles. The van der Waals surface area contributed by atoms with Crippen LogP contribution in [-0.2, 0) is 0 Å². The summed E-state index contributed by atoms with van der Waals surface area (Å²) in [7, 11) is 0. The minimum atomic E-state index is 0.697. The van der Waals surface area contributed by atoms with E-state index in [0.717, 1.165) is 6.42 Å². The number of rotatable bonds is 1. The van der Waals surface area contributed by atoms with Crippen molar-refractivity contribution >= 4 is 0 Å². The third-order valence-electron chi connectivity index (χ3n) is 1.51. The van der Waals surface area contributed by atoms with Crippen LogP contribution in [0, 0.1) is 0 Å². The van der Waals surface area contributed by atoms with E-state index in [1.54, 1.807) is 0 Å². The van der Waals surface area contributed by atoms with E-state index in [0.29, 0.717) is 6.54 Å². The van der Waals surface area contributed by atoms with Gasteiger partial charge in [0.2, 0.25) is 0 Å². The molecule has 0 spiro atoms. The summed E-state index contributed by atoms with van der Waals surface area (Å²) in [4.78, 5) is 0. The van der Waals surface area contributed by atoms with Gasteiger partial charge in [-0.3, -0.25) is 0 Å². The zero-order valence-electron chi connectivity index (χ0n) is 5.15. The van der Waals surface area contributed by atoms with Gasteiger partial charge in [-0.15, -0.1) is 0 Å². The molecule has 0 aromatic heterocycles. The smallest absolute Gasteiger partial charge is 0.0177 e. The van der Waals surface area contributed by atoms with Gasteiger partial charge in [-0.2, -0.15) is 0 Å². The molecule has 1 aliphatic carbocycles. The quantitative estimate of drug-likeness (QED) is 0.538. The standard InChI is InChI=1S/C7H11N/c1-6-3-2-4-7(6)5-8/h3-4H,2,5,8H2,1H3. The molecule has 0 heterocycles. The van der Waals surface area contributed by atoms with E-state index in [-0.39, 0.29) is 0 Å². The van der Waals surface area contributed by atoms with Gasteiger partial charge in [0.25, 0.3) is 0 Å². The normalized spacial score (nSPS) is 18.2. The second-order valence-electron chi connectivity index (χ2n) is 2.06. The van der Waals surface area contributed by atoms with Crippen molar-refractivity contribution in [2.75, 3.05) is 6.54 Å². The maximum atomic E-state index is 5.42. The number of hydrogen-bond acceptors (Lipinski definition) is 1. The van der Waals surface area contributed by atoms with E-state index in [4.69, 9.17) is 5.73 Å². The monoisotopic (exact) mass is 109 g/mol. The van der Waals surface area contributed by atoms with Gasteiger partial charge in [-0.25, -0.2) is 0 Å². The van der Waals surface area contributed by atoms with Gasteiger partial charge in [0.05, 0.1) is 0 Å². The topological polar surface area (TPSA) is 26.0 Å². The fourth-order valence-electron chi connectivity index (χ4n) is 0.914. The summed E-state index contributed by atoms with van der Waals surface area (Å²) in [6.07, 6.45) is 5.45. The highest BCUT2D eigenvalue weighted by atomic mass is 14.5. The van der Waals surface area contributed by atoms with Crippen LogP contribution in [-0.4, -0.2) is 6.54 Å². The van der Waals surface area contributed by atoms with E-state index < -0.39 is 0 Å². The third kappa shape index (κ3) is 0.819. The molecule has 0 fully saturated rings. The Kier molecular flexibility index (Phi) is 1.49. The highest BCUT2D eigenvalue weighted by Crippen LogP contribution is 2.15. The summed E-state index contributed by atoms with van der Waals surface area (Å²) in [5.74, 6) is 0. The van der Waals surface area contributed by atoms with E-state index in [1.165, 1.54) is 11.1 Å². The van der Waals surface area contributed by atoms with Crippen molar-refractivity contribution in [1.29, 1.82) is 0 Å². The summed E-state index contributed by atoms with van der Waals surface area (Å²) in [6.45, 7) is 2.80. The molecule has 0 amide bonds. The molecule has 1 rings (SSSR count). The third-order valence-corrected chi connectivity index (χ3v) is 1.51. The van der Waals surface area contributed by atoms with E-state index in [1.807, 2.05) is 0 Å². The molecule has 1 aliphatic rings. The van der Waals surface area contributed by atoms with Crippen LogP contribution in [0.25, 0.3) is 0 Å². The van der Waals surface area contributed by atoms with Crippen LogP contribution in [0.2, 0.25) is 0 Å². The van der Waals surface area contributed by atoms with E-state index in [9.17, 15) is 0 Å². The van der Waals surface area contributed by atoms with Crippen LogP contribution in [0.5, 0.6) is 0 Å². The molecular formula is C7H11N. The average Bonchev–Trinajstić information content (AvgIpc) is 2.14. The summed E-state index contributed by atoms with van der Waals surface area (Å²) in [6, 6.07) is 0. The minimum absolute atomic E-state index is 0.697. The summed E-state index contributed by atoms with van der Waals surface area (Å²) in [5.41, 5.74) is 8.08. The van der Waals surface area contributed by atoms with Crippen molar-refractivity contribution in [1.82, 2.24) is 0 Å². The molecule has 0 unspecified atom stereocenters. The maximum Gasteiger partial charge on any atom is 0.0177 e. The van der Waals surface area contributed by atoms with Crippen LogP contribution in [0.3, 0.4) is 0 Å². The Morgan fingerprint density at radius 2 is 2.38 bits per heavy atom. The molecule has 0 aromatic carbocycles. The molecule has 1 nitrogen and oxygen atoms in total. The fourth-order valence-corrected chi connectivity index (χ4v) is 0.914. The van der Waals surface area contributed by atoms with E-state index in [2.05, 4.69) is 19.1 Å². The van der Waals surface area contributed by atoms with Gasteiger partial charge in [0.15, 0.2) is 0 Å². The lowest BCUT2D eigenvalue weighted by Crippen LogP contribution is -2.01. The summed E-state index contributed by atoms with van der Waals surface area (Å²) in [5, 5.41) is 0. The maximum absolute atomic E-state index is 5.42. The van der Waals surface area contributed by atoms with Crippen LogP contribution < -0.4 is 5.73 Å². The van der Waals surface area contributed by atoms with Crippen LogP contribution in [0.1, 0.15) is 13.3 Å². The van der Waals surface area contributed by atoms with Crippen molar-refractivity contribution in [3.8, 4) is 0 Å². The second kappa shape index (κ2) is 2.14. The zero-order chi connectivity index (χ0) is 5.98. The van der Waals surface area contributed by atoms with Crippen molar-refractivity contribution in [3.63, 3.8) is 0 Å². The van der Waals surface area contributed by atoms with Crippen LogP contribution >= 0.6 is 0 Å². The molecular weight excluding hydrogens is 98.1 g/mol. The molecule has 0 saturated heterocycles. The number of nitrogens with two attached hydrogens (primary N) is 1. The number of allylic oxidation sites excluding steroid dienone is 2. The Bertz CT molecular complexity index is 142. The van der Waals surface area contributed by atoms with Crippen molar-refractivity contribution < 1.29 is 0 Å². The Balaban J connectivity index is 2.66. The summed E-state index contributed by atoms with van der Waals surface area (Å²) < 4.78 is 0. The lowest BCUT2D eigenvalue weighted by molar-refractivity contribution is 1.15. The highest BCUT2D eigenvalue weighted by molar-refractivity contribution is 5.35. The number of hydrogen-bond donors (Lipinski definition) is 1. The predicted molar refractivity (Wildman–Crippen MR) is 35.5 cm³/mol. The van der Waals surface area contributed by atoms with Crippen molar-refractivity contribution in [3.05, 3.63) is 23.3 Å². The van der Waals surface area contributed by atoms with Gasteiger partial charge in [0.1, 0.15) is 0 Å². The Morgan fingerprint density at radius 1 is 1.62 bits per heavy atom. The Hall–Kier alpha value is -0.560. The second-order valence-corrected chi connectivity index (χ2v) is 2.06. The molecule has 1 heteroatoms. The molecule has 0 aromatic rings. The SMILES string of the molecule is CC1=CCC=C1CN. The lowest BCUT2D eigenvalue weighted by Gasteiger charge is -1.95. The Morgan fingerprint density at radius 3 is 2.62 bits per heavy atom. The highest BCUT2D eigenvalue weighted by Gasteiger charge is 2.00. The molecule has 0 radical (unpaired) electrons. The molecule has 2 N–H and O–H groups in total. The van der Waals surface area contributed by atoms with Gasteiger partial charge < -0.3 is 5.73 Å². The van der Waals surface area contributed by atoms with Gasteiger partial charge in [-0.1, -0.05) is 17.7 Å². The Labute approximate surface area is 49.9 Å². The molecule has 0 bridgehead atoms. The first-order valence-electron chi connectivity index (χ1n) is 2.91.